The summed E-state index contributed by atoms with van der Waals surface area (Å²) in [7, 11) is -5.64. The fourth-order valence-corrected chi connectivity index (χ4v) is 8.76. The van der Waals surface area contributed by atoms with Gasteiger partial charge in [-0.05, 0) is 74.4 Å². The van der Waals surface area contributed by atoms with E-state index < -0.39 is 33.4 Å². The Morgan fingerprint density at radius 2 is 1.24 bits per heavy atom. The molecule has 1 N–H and O–H groups in total. The number of ketones is 1. The minimum Gasteiger partial charge on any atom is -0.458 e. The number of carbonyl (C=O) groups excluding carboxylic acids is 2. The molecule has 2 unspecified atom stereocenters. The van der Waals surface area contributed by atoms with E-state index in [1.807, 2.05) is 0 Å². The molecule has 0 radical (unpaired) electrons. The van der Waals surface area contributed by atoms with E-state index in [1.54, 1.807) is 0 Å². The number of esters is 1. The molecule has 4 fully saturated rings. The number of carbonyl (C=O) groups is 2. The van der Waals surface area contributed by atoms with Crippen molar-refractivity contribution < 1.29 is 36.1 Å². The van der Waals surface area contributed by atoms with Crippen molar-refractivity contribution in [2.75, 3.05) is 6.61 Å². The van der Waals surface area contributed by atoms with Crippen molar-refractivity contribution in [2.24, 2.45) is 23.2 Å². The Bertz CT molecular complexity index is 1370. The average Bonchev–Trinajstić information content (AvgIpc) is 2.96. The van der Waals surface area contributed by atoms with E-state index in [-0.39, 0.29) is 47.3 Å². The molecule has 0 amide bonds. The number of rotatable bonds is 7. The molecule has 4 bridgehead atoms. The minimum atomic E-state index is -5.63. The van der Waals surface area contributed by atoms with Crippen LogP contribution in [0.2, 0.25) is 0 Å². The summed E-state index contributed by atoms with van der Waals surface area (Å²) in [6.45, 7) is -1.71. The molecule has 7 rings (SSSR count). The van der Waals surface area contributed by atoms with Crippen LogP contribution >= 0.6 is 0 Å². The molecule has 2 atom stereocenters. The van der Waals surface area contributed by atoms with Crippen LogP contribution in [0, 0.1) is 23.2 Å². The first-order valence-electron chi connectivity index (χ1n) is 13.4. The zero-order chi connectivity index (χ0) is 29.3. The Morgan fingerprint density at radius 3 is 1.63 bits per heavy atom. The maximum Gasteiger partial charge on any atom is 0.402 e. The summed E-state index contributed by atoms with van der Waals surface area (Å²) in [5.41, 5.74) is -0.959. The molecular formula is C31H31F2O6S2+. The van der Waals surface area contributed by atoms with Gasteiger partial charge in [0.2, 0.25) is 0 Å². The van der Waals surface area contributed by atoms with E-state index in [1.165, 1.54) is 14.7 Å². The number of hydrogen-bond donors (Lipinski definition) is 1. The fourth-order valence-electron chi connectivity index (χ4n) is 6.45. The lowest BCUT2D eigenvalue weighted by Crippen LogP contribution is -2.55. The molecule has 10 heteroatoms. The SMILES string of the molecule is O=C1C2CC3CC1CC(C(=O)OCC(F)(F)S(=O)(=O)O)(C3)C2.c1ccc([S+](c2ccccc2)c2ccccc2)cc1. The van der Waals surface area contributed by atoms with Gasteiger partial charge < -0.3 is 4.74 Å². The molecule has 3 aromatic rings. The monoisotopic (exact) mass is 601 g/mol. The van der Waals surface area contributed by atoms with Gasteiger partial charge in [0.25, 0.3) is 0 Å². The normalized spacial score (nSPS) is 25.0. The first-order chi connectivity index (χ1) is 19.5. The van der Waals surface area contributed by atoms with Crippen LogP contribution in [0.3, 0.4) is 0 Å². The Hall–Kier alpha value is -3.08. The summed E-state index contributed by atoms with van der Waals surface area (Å²) < 4.78 is 60.3. The van der Waals surface area contributed by atoms with E-state index in [9.17, 15) is 26.8 Å². The lowest BCUT2D eigenvalue weighted by Gasteiger charge is -2.53. The molecule has 0 aliphatic heterocycles. The highest BCUT2D eigenvalue weighted by atomic mass is 32.2. The van der Waals surface area contributed by atoms with Crippen molar-refractivity contribution in [3.8, 4) is 0 Å². The van der Waals surface area contributed by atoms with Crippen LogP contribution in [0.1, 0.15) is 32.1 Å². The lowest BCUT2D eigenvalue weighted by molar-refractivity contribution is -0.179. The third-order valence-corrected chi connectivity index (χ3v) is 11.2. The molecule has 41 heavy (non-hydrogen) atoms. The second-order valence-electron chi connectivity index (χ2n) is 11.0. The molecular weight excluding hydrogens is 570 g/mol. The highest BCUT2D eigenvalue weighted by Crippen LogP contribution is 2.59. The van der Waals surface area contributed by atoms with Crippen LogP contribution < -0.4 is 0 Å². The number of hydrogen-bond acceptors (Lipinski definition) is 5. The summed E-state index contributed by atoms with van der Waals surface area (Å²) >= 11 is 0. The second kappa shape index (κ2) is 11.7. The third-order valence-electron chi connectivity index (χ3n) is 8.11. The maximum absolute atomic E-state index is 13.2. The van der Waals surface area contributed by atoms with Crippen LogP contribution in [0.15, 0.2) is 106 Å². The molecule has 4 aliphatic carbocycles. The van der Waals surface area contributed by atoms with Crippen molar-refractivity contribution in [1.29, 1.82) is 0 Å². The maximum atomic E-state index is 13.2. The standard InChI is InChI=1S/C18H15S.C13H16F2O6S/c1-4-10-16(11-5-1)19(17-12-6-2-7-13-17)18-14-8-3-9-15-18;14-13(15,22(18,19)20)6-21-11(17)12-3-7-1-8(4-12)10(16)9(2-7)5-12/h1-15H;7-9H,1-6H2,(H,18,19,20)/q+1;. The van der Waals surface area contributed by atoms with Gasteiger partial charge in [-0.2, -0.15) is 17.2 Å². The Balaban J connectivity index is 0.000000166. The van der Waals surface area contributed by atoms with Gasteiger partial charge in [-0.15, -0.1) is 0 Å². The fraction of sp³-hybridized carbons (Fsp3) is 0.355. The molecule has 0 aromatic heterocycles. The zero-order valence-corrected chi connectivity index (χ0v) is 23.8. The number of halogens is 2. The molecule has 0 saturated heterocycles. The van der Waals surface area contributed by atoms with Gasteiger partial charge >= 0.3 is 21.3 Å². The number of ether oxygens (including phenoxy) is 1. The summed E-state index contributed by atoms with van der Waals surface area (Å²) in [4.78, 5) is 28.3. The van der Waals surface area contributed by atoms with Crippen molar-refractivity contribution in [1.82, 2.24) is 0 Å². The third kappa shape index (κ3) is 6.24. The van der Waals surface area contributed by atoms with Gasteiger partial charge in [-0.3, -0.25) is 14.1 Å². The average molecular weight is 602 g/mol. The van der Waals surface area contributed by atoms with E-state index in [0.29, 0.717) is 6.42 Å². The first kappa shape index (κ1) is 29.4. The Kier molecular flexibility index (Phi) is 8.36. The number of Topliss-reactive ketones (excluding diaryl/α,β-unsaturated/α-hetero) is 1. The molecule has 6 nitrogen and oxygen atoms in total. The van der Waals surface area contributed by atoms with Gasteiger partial charge in [0, 0.05) is 11.8 Å². The van der Waals surface area contributed by atoms with Gasteiger partial charge in [0.1, 0.15) is 5.78 Å². The van der Waals surface area contributed by atoms with Crippen LogP contribution in [-0.4, -0.2) is 36.6 Å². The highest BCUT2D eigenvalue weighted by molar-refractivity contribution is 7.97. The van der Waals surface area contributed by atoms with E-state index >= 15 is 0 Å². The predicted octanol–water partition coefficient (Wildman–Crippen LogP) is 6.19. The molecule has 0 spiro atoms. The number of alkyl halides is 2. The Morgan fingerprint density at radius 1 is 0.829 bits per heavy atom. The van der Waals surface area contributed by atoms with Crippen LogP contribution in [0.4, 0.5) is 8.78 Å². The summed E-state index contributed by atoms with van der Waals surface area (Å²) in [5.74, 6) is -0.975. The van der Waals surface area contributed by atoms with Gasteiger partial charge in [0.15, 0.2) is 21.3 Å². The van der Waals surface area contributed by atoms with Crippen LogP contribution in [-0.2, 0) is 35.3 Å². The Labute approximate surface area is 241 Å². The summed E-state index contributed by atoms with van der Waals surface area (Å²) in [6.07, 6.45) is 2.52. The molecule has 4 aliphatic rings. The highest BCUT2D eigenvalue weighted by Gasteiger charge is 2.59. The van der Waals surface area contributed by atoms with E-state index in [4.69, 9.17) is 4.55 Å². The van der Waals surface area contributed by atoms with E-state index in [2.05, 4.69) is 95.7 Å². The second-order valence-corrected chi connectivity index (χ2v) is 14.5. The van der Waals surface area contributed by atoms with E-state index in [0.717, 1.165) is 12.8 Å². The lowest BCUT2D eigenvalue weighted by atomic mass is 9.49. The predicted molar refractivity (Wildman–Crippen MR) is 150 cm³/mol. The summed E-state index contributed by atoms with van der Waals surface area (Å²) in [5, 5.41) is -4.53. The zero-order valence-electron chi connectivity index (χ0n) is 22.2. The first-order valence-corrected chi connectivity index (χ1v) is 16.1. The molecule has 3 aromatic carbocycles. The summed E-state index contributed by atoms with van der Waals surface area (Å²) in [6, 6.07) is 32.2. The van der Waals surface area contributed by atoms with Gasteiger partial charge in [0.05, 0.1) is 16.3 Å². The quantitative estimate of drug-likeness (QED) is 0.197. The molecule has 0 heterocycles. The molecule has 4 saturated carbocycles. The van der Waals surface area contributed by atoms with Crippen LogP contribution in [0.5, 0.6) is 0 Å². The van der Waals surface area contributed by atoms with Crippen molar-refractivity contribution >= 4 is 32.8 Å². The number of benzene rings is 3. The van der Waals surface area contributed by atoms with Crippen LogP contribution in [0.25, 0.3) is 0 Å². The largest absolute Gasteiger partial charge is 0.458 e. The smallest absolute Gasteiger partial charge is 0.402 e. The molecule has 216 valence electrons. The van der Waals surface area contributed by atoms with Crippen molar-refractivity contribution in [3.05, 3.63) is 91.0 Å². The van der Waals surface area contributed by atoms with Gasteiger partial charge in [-0.25, -0.2) is 0 Å². The minimum absolute atomic E-state index is 0.0146. The van der Waals surface area contributed by atoms with Crippen molar-refractivity contribution in [2.45, 2.75) is 52.0 Å². The van der Waals surface area contributed by atoms with Crippen molar-refractivity contribution in [3.63, 3.8) is 0 Å². The van der Waals surface area contributed by atoms with Gasteiger partial charge in [-0.1, -0.05) is 54.6 Å². The topological polar surface area (TPSA) is 97.7 Å².